The summed E-state index contributed by atoms with van der Waals surface area (Å²) in [6.45, 7) is 0. The zero-order chi connectivity index (χ0) is 17.6. The number of anilines is 1. The van der Waals surface area contributed by atoms with Gasteiger partial charge >= 0.3 is 6.18 Å². The zero-order valence-electron chi connectivity index (χ0n) is 13.6. The van der Waals surface area contributed by atoms with Crippen molar-refractivity contribution in [2.24, 2.45) is 5.92 Å². The van der Waals surface area contributed by atoms with Crippen molar-refractivity contribution in [3.05, 3.63) is 17.8 Å². The number of nitrogens with one attached hydrogen (secondary N) is 1. The molecule has 0 unspecified atom stereocenters. The van der Waals surface area contributed by atoms with Crippen LogP contribution in [0.2, 0.25) is 0 Å². The lowest BCUT2D eigenvalue weighted by Gasteiger charge is -2.29. The van der Waals surface area contributed by atoms with Crippen LogP contribution in [0.5, 0.6) is 0 Å². The van der Waals surface area contributed by atoms with E-state index < -0.39 is 11.9 Å². The van der Waals surface area contributed by atoms with E-state index in [9.17, 15) is 18.0 Å². The fraction of sp³-hybridized carbons (Fsp3) is 0.588. The lowest BCUT2D eigenvalue weighted by molar-refractivity contribution is -0.141. The second-order valence-corrected chi connectivity index (χ2v) is 6.98. The number of hydrogen-bond donors (Lipinski definition) is 1. The van der Waals surface area contributed by atoms with Gasteiger partial charge < -0.3 is 0 Å². The van der Waals surface area contributed by atoms with Crippen LogP contribution in [0.25, 0.3) is 11.2 Å². The molecule has 2 aliphatic carbocycles. The van der Waals surface area contributed by atoms with Crippen LogP contribution in [0, 0.1) is 5.92 Å². The Morgan fingerprint density at radius 1 is 1.16 bits per heavy atom. The van der Waals surface area contributed by atoms with Crippen LogP contribution >= 0.6 is 0 Å². The first kappa shape index (κ1) is 16.4. The van der Waals surface area contributed by atoms with E-state index in [1.54, 1.807) is 4.57 Å². The Morgan fingerprint density at radius 2 is 1.88 bits per heavy atom. The number of carbonyl (C=O) groups is 1. The number of imidazole rings is 1. The molecule has 0 spiro atoms. The molecule has 4 rings (SSSR count). The molecule has 25 heavy (non-hydrogen) atoms. The Balaban J connectivity index is 1.68. The normalized spacial score (nSPS) is 18.8. The van der Waals surface area contributed by atoms with E-state index in [4.69, 9.17) is 0 Å². The molecule has 5 nitrogen and oxygen atoms in total. The smallest absolute Gasteiger partial charge is 0.296 e. The maximum Gasteiger partial charge on any atom is 0.433 e. The van der Waals surface area contributed by atoms with Gasteiger partial charge in [0.15, 0.2) is 5.65 Å². The first-order valence-corrected chi connectivity index (χ1v) is 8.68. The van der Waals surface area contributed by atoms with Gasteiger partial charge in [-0.25, -0.2) is 9.97 Å². The highest BCUT2D eigenvalue weighted by Gasteiger charge is 2.34. The number of halogens is 3. The molecule has 0 aliphatic heterocycles. The van der Waals surface area contributed by atoms with Gasteiger partial charge in [0.2, 0.25) is 11.9 Å². The third-order valence-corrected chi connectivity index (χ3v) is 5.22. The quantitative estimate of drug-likeness (QED) is 0.892. The highest BCUT2D eigenvalue weighted by Crippen LogP contribution is 2.38. The topological polar surface area (TPSA) is 59.8 Å². The predicted octanol–water partition coefficient (Wildman–Crippen LogP) is 4.30. The minimum absolute atomic E-state index is 0.0417. The van der Waals surface area contributed by atoms with Crippen LogP contribution in [-0.4, -0.2) is 20.4 Å². The standard InChI is InChI=1S/C17H19F3N4O/c18-17(19,20)13-8-7-12-15(22-13)24(11-5-2-6-11)16(21-12)23-14(25)9-10-3-1-4-10/h7-8,10-11H,1-6,9H2,(H,21,23,25). The molecule has 0 atom stereocenters. The number of fused-ring (bicyclic) bond motifs is 1. The van der Waals surface area contributed by atoms with Crippen molar-refractivity contribution in [3.8, 4) is 0 Å². The monoisotopic (exact) mass is 352 g/mol. The fourth-order valence-corrected chi connectivity index (χ4v) is 3.35. The van der Waals surface area contributed by atoms with Crippen LogP contribution in [0.4, 0.5) is 19.1 Å². The number of aromatic nitrogens is 3. The molecule has 2 aliphatic rings. The van der Waals surface area contributed by atoms with E-state index in [-0.39, 0.29) is 17.6 Å². The van der Waals surface area contributed by atoms with E-state index in [1.165, 1.54) is 6.07 Å². The molecule has 2 heterocycles. The SMILES string of the molecule is O=C(CC1CCC1)Nc1nc2ccc(C(F)(F)F)nc2n1C1CCC1. The molecule has 2 aromatic rings. The van der Waals surface area contributed by atoms with Crippen LogP contribution in [0.1, 0.15) is 56.7 Å². The highest BCUT2D eigenvalue weighted by atomic mass is 19.4. The molecular formula is C17H19F3N4O. The maximum absolute atomic E-state index is 13.0. The number of pyridine rings is 1. The minimum atomic E-state index is -4.50. The van der Waals surface area contributed by atoms with Crippen LogP contribution in [0.3, 0.4) is 0 Å². The van der Waals surface area contributed by atoms with Crippen LogP contribution in [-0.2, 0) is 11.0 Å². The molecular weight excluding hydrogens is 333 g/mol. The average Bonchev–Trinajstić information content (AvgIpc) is 2.78. The third-order valence-electron chi connectivity index (χ3n) is 5.22. The van der Waals surface area contributed by atoms with Crippen molar-refractivity contribution in [1.29, 1.82) is 0 Å². The van der Waals surface area contributed by atoms with Crippen molar-refractivity contribution in [3.63, 3.8) is 0 Å². The van der Waals surface area contributed by atoms with E-state index in [0.717, 1.165) is 44.6 Å². The largest absolute Gasteiger partial charge is 0.433 e. The van der Waals surface area contributed by atoms with Crippen molar-refractivity contribution < 1.29 is 18.0 Å². The third kappa shape index (κ3) is 3.09. The molecule has 1 amide bonds. The Bertz CT molecular complexity index is 806. The molecule has 0 bridgehead atoms. The summed E-state index contributed by atoms with van der Waals surface area (Å²) in [7, 11) is 0. The van der Waals surface area contributed by atoms with Gasteiger partial charge in [-0.15, -0.1) is 0 Å². The Hall–Kier alpha value is -2.12. The number of hydrogen-bond acceptors (Lipinski definition) is 3. The van der Waals surface area contributed by atoms with Crippen LogP contribution < -0.4 is 5.32 Å². The van der Waals surface area contributed by atoms with Gasteiger partial charge in [0, 0.05) is 12.5 Å². The van der Waals surface area contributed by atoms with E-state index >= 15 is 0 Å². The second kappa shape index (κ2) is 6.00. The summed E-state index contributed by atoms with van der Waals surface area (Å²) in [5, 5.41) is 2.80. The summed E-state index contributed by atoms with van der Waals surface area (Å²) < 4.78 is 40.6. The number of carbonyl (C=O) groups excluding carboxylic acids is 1. The van der Waals surface area contributed by atoms with E-state index in [1.807, 2.05) is 0 Å². The van der Waals surface area contributed by atoms with Gasteiger partial charge in [-0.1, -0.05) is 6.42 Å². The predicted molar refractivity (Wildman–Crippen MR) is 86.0 cm³/mol. The van der Waals surface area contributed by atoms with Gasteiger partial charge in [0.1, 0.15) is 11.2 Å². The Kier molecular flexibility index (Phi) is 3.92. The van der Waals surface area contributed by atoms with Gasteiger partial charge in [0.25, 0.3) is 0 Å². The van der Waals surface area contributed by atoms with Crippen molar-refractivity contribution >= 4 is 23.0 Å². The molecule has 0 radical (unpaired) electrons. The van der Waals surface area contributed by atoms with Gasteiger partial charge in [-0.3, -0.25) is 14.7 Å². The van der Waals surface area contributed by atoms with E-state index in [0.29, 0.717) is 23.8 Å². The van der Waals surface area contributed by atoms with Crippen molar-refractivity contribution in [2.45, 2.75) is 57.2 Å². The first-order chi connectivity index (χ1) is 11.9. The van der Waals surface area contributed by atoms with Gasteiger partial charge in [-0.2, -0.15) is 13.2 Å². The van der Waals surface area contributed by atoms with Gasteiger partial charge in [-0.05, 0) is 50.2 Å². The molecule has 134 valence electrons. The molecule has 2 saturated carbocycles. The molecule has 0 aromatic carbocycles. The van der Waals surface area contributed by atoms with Crippen molar-refractivity contribution in [2.75, 3.05) is 5.32 Å². The first-order valence-electron chi connectivity index (χ1n) is 8.68. The molecule has 1 N–H and O–H groups in total. The summed E-state index contributed by atoms with van der Waals surface area (Å²) >= 11 is 0. The number of nitrogens with zero attached hydrogens (tertiary/aromatic N) is 3. The maximum atomic E-state index is 13.0. The Labute approximate surface area is 142 Å². The fourth-order valence-electron chi connectivity index (χ4n) is 3.35. The Morgan fingerprint density at radius 3 is 2.44 bits per heavy atom. The minimum Gasteiger partial charge on any atom is -0.296 e. The number of rotatable bonds is 4. The van der Waals surface area contributed by atoms with E-state index in [2.05, 4.69) is 15.3 Å². The highest BCUT2D eigenvalue weighted by molar-refractivity contribution is 5.91. The second-order valence-electron chi connectivity index (χ2n) is 6.98. The molecule has 2 aromatic heterocycles. The van der Waals surface area contributed by atoms with Crippen molar-refractivity contribution in [1.82, 2.24) is 14.5 Å². The van der Waals surface area contributed by atoms with Gasteiger partial charge in [0.05, 0.1) is 0 Å². The lowest BCUT2D eigenvalue weighted by atomic mass is 9.83. The summed E-state index contributed by atoms with van der Waals surface area (Å²) in [6, 6.07) is 2.29. The molecule has 2 fully saturated rings. The summed E-state index contributed by atoms with van der Waals surface area (Å²) in [4.78, 5) is 20.4. The summed E-state index contributed by atoms with van der Waals surface area (Å²) in [5.74, 6) is 0.601. The zero-order valence-corrected chi connectivity index (χ0v) is 13.6. The molecule has 0 saturated heterocycles. The van der Waals surface area contributed by atoms with Crippen LogP contribution in [0.15, 0.2) is 12.1 Å². The molecule has 8 heteroatoms. The average molecular weight is 352 g/mol. The summed E-state index contributed by atoms with van der Waals surface area (Å²) in [5.41, 5.74) is -0.370. The number of amides is 1. The number of alkyl halides is 3. The lowest BCUT2D eigenvalue weighted by Crippen LogP contribution is -2.25. The summed E-state index contributed by atoms with van der Waals surface area (Å²) in [6.07, 6.45) is 1.93.